The van der Waals surface area contributed by atoms with Crippen LogP contribution in [0.15, 0.2) is 0 Å². The first-order chi connectivity index (χ1) is 9.44. The Kier molecular flexibility index (Phi) is 7.89. The van der Waals surface area contributed by atoms with Crippen molar-refractivity contribution in [2.75, 3.05) is 33.7 Å². The summed E-state index contributed by atoms with van der Waals surface area (Å²) in [6, 6.07) is 0. The van der Waals surface area contributed by atoms with Gasteiger partial charge in [0.1, 0.15) is 0 Å². The molecular weight excluding hydrogens is 270 g/mol. The lowest BCUT2D eigenvalue weighted by atomic mass is 9.96. The molecule has 0 saturated heterocycles. The number of hydrogen-bond acceptors (Lipinski definition) is 4. The van der Waals surface area contributed by atoms with E-state index in [1.54, 1.807) is 6.92 Å². The zero-order valence-corrected chi connectivity index (χ0v) is 14.2. The molecule has 1 atom stereocenters. The smallest absolute Gasteiger partial charge is 0.225 e. The van der Waals surface area contributed by atoms with Gasteiger partial charge in [0, 0.05) is 31.5 Å². The van der Waals surface area contributed by atoms with E-state index in [4.69, 9.17) is 0 Å². The van der Waals surface area contributed by atoms with Crippen molar-refractivity contribution in [3.63, 3.8) is 0 Å². The summed E-state index contributed by atoms with van der Waals surface area (Å²) in [5.41, 5.74) is -1.35. The van der Waals surface area contributed by atoms with Gasteiger partial charge in [-0.1, -0.05) is 20.8 Å². The van der Waals surface area contributed by atoms with E-state index in [-0.39, 0.29) is 18.4 Å². The molecule has 0 aromatic heterocycles. The van der Waals surface area contributed by atoms with Crippen LogP contribution in [-0.2, 0) is 9.59 Å². The number of aliphatic hydroxyl groups is 1. The molecule has 124 valence electrons. The molecule has 0 aliphatic heterocycles. The van der Waals surface area contributed by atoms with E-state index in [0.717, 1.165) is 0 Å². The Balaban J connectivity index is 3.85. The number of carbonyl (C=O) groups excluding carboxylic acids is 2. The molecular formula is C15H31N3O3. The zero-order valence-electron chi connectivity index (χ0n) is 14.2. The zero-order chi connectivity index (χ0) is 16.7. The highest BCUT2D eigenvalue weighted by Crippen LogP contribution is 2.12. The molecule has 0 saturated carbocycles. The second kappa shape index (κ2) is 8.34. The van der Waals surface area contributed by atoms with Crippen molar-refractivity contribution in [2.24, 2.45) is 5.41 Å². The molecule has 6 nitrogen and oxygen atoms in total. The number of nitrogens with one attached hydrogen (secondary N) is 2. The Morgan fingerprint density at radius 1 is 1.10 bits per heavy atom. The maximum absolute atomic E-state index is 11.7. The minimum atomic E-state index is -0.945. The molecule has 21 heavy (non-hydrogen) atoms. The molecule has 0 aromatic carbocycles. The number of rotatable bonds is 8. The summed E-state index contributed by atoms with van der Waals surface area (Å²) in [5.74, 6) is -0.129. The lowest BCUT2D eigenvalue weighted by molar-refractivity contribution is -0.128. The monoisotopic (exact) mass is 301 g/mol. The Hall–Kier alpha value is -1.14. The molecule has 0 fully saturated rings. The highest BCUT2D eigenvalue weighted by atomic mass is 16.3. The van der Waals surface area contributed by atoms with Crippen LogP contribution < -0.4 is 10.6 Å². The highest BCUT2D eigenvalue weighted by Gasteiger charge is 2.22. The summed E-state index contributed by atoms with van der Waals surface area (Å²) in [5, 5.41) is 15.6. The summed E-state index contributed by atoms with van der Waals surface area (Å²) in [6.07, 6.45) is 0.923. The third kappa shape index (κ3) is 10.3. The molecule has 0 heterocycles. The van der Waals surface area contributed by atoms with Gasteiger partial charge in [0.15, 0.2) is 0 Å². The van der Waals surface area contributed by atoms with Crippen LogP contribution in [0, 0.1) is 5.41 Å². The Bertz CT molecular complexity index is 347. The fourth-order valence-corrected chi connectivity index (χ4v) is 1.83. The van der Waals surface area contributed by atoms with Crippen molar-refractivity contribution in [2.45, 2.75) is 46.1 Å². The van der Waals surface area contributed by atoms with Gasteiger partial charge < -0.3 is 20.6 Å². The fraction of sp³-hybridized carbons (Fsp3) is 0.867. The largest absolute Gasteiger partial charge is 0.387 e. The van der Waals surface area contributed by atoms with Crippen molar-refractivity contribution in [3.8, 4) is 0 Å². The third-order valence-corrected chi connectivity index (χ3v) is 2.87. The van der Waals surface area contributed by atoms with Crippen LogP contribution in [0.2, 0.25) is 0 Å². The Morgan fingerprint density at radius 3 is 2.14 bits per heavy atom. The van der Waals surface area contributed by atoms with E-state index in [9.17, 15) is 14.7 Å². The van der Waals surface area contributed by atoms with Crippen LogP contribution in [0.3, 0.4) is 0 Å². The van der Waals surface area contributed by atoms with Gasteiger partial charge in [-0.05, 0) is 27.4 Å². The Labute approximate surface area is 128 Å². The first-order valence-corrected chi connectivity index (χ1v) is 7.36. The number of nitrogens with zero attached hydrogens (tertiary/aromatic N) is 1. The fourth-order valence-electron chi connectivity index (χ4n) is 1.83. The molecule has 2 amide bonds. The lowest BCUT2D eigenvalue weighted by Crippen LogP contribution is -2.47. The minimum Gasteiger partial charge on any atom is -0.387 e. The lowest BCUT2D eigenvalue weighted by Gasteiger charge is -2.27. The van der Waals surface area contributed by atoms with E-state index in [0.29, 0.717) is 25.9 Å². The normalized spacial score (nSPS) is 14.7. The molecule has 3 N–H and O–H groups in total. The van der Waals surface area contributed by atoms with Gasteiger partial charge in [0.25, 0.3) is 0 Å². The summed E-state index contributed by atoms with van der Waals surface area (Å²) < 4.78 is 0. The van der Waals surface area contributed by atoms with Crippen LogP contribution in [0.5, 0.6) is 0 Å². The van der Waals surface area contributed by atoms with E-state index in [2.05, 4.69) is 10.6 Å². The first kappa shape index (κ1) is 19.9. The molecule has 1 unspecified atom stereocenters. The average Bonchev–Trinajstić information content (AvgIpc) is 2.29. The predicted molar refractivity (Wildman–Crippen MR) is 83.9 cm³/mol. The first-order valence-electron chi connectivity index (χ1n) is 7.36. The summed E-state index contributed by atoms with van der Waals surface area (Å²) in [4.78, 5) is 25.2. The maximum Gasteiger partial charge on any atom is 0.225 e. The van der Waals surface area contributed by atoms with Gasteiger partial charge in [-0.25, -0.2) is 0 Å². The van der Waals surface area contributed by atoms with E-state index < -0.39 is 11.0 Å². The number of hydrogen-bond donors (Lipinski definition) is 3. The van der Waals surface area contributed by atoms with Crippen molar-refractivity contribution in [1.29, 1.82) is 0 Å². The van der Waals surface area contributed by atoms with E-state index in [1.165, 1.54) is 0 Å². The molecule has 0 bridgehead atoms. The van der Waals surface area contributed by atoms with Crippen molar-refractivity contribution in [1.82, 2.24) is 15.5 Å². The van der Waals surface area contributed by atoms with E-state index >= 15 is 0 Å². The number of carbonyl (C=O) groups is 2. The summed E-state index contributed by atoms with van der Waals surface area (Å²) in [6.45, 7) is 8.42. The van der Waals surface area contributed by atoms with Gasteiger partial charge in [-0.3, -0.25) is 9.59 Å². The molecule has 6 heteroatoms. The third-order valence-electron chi connectivity index (χ3n) is 2.87. The summed E-state index contributed by atoms with van der Waals surface area (Å²) in [7, 11) is 3.74. The summed E-state index contributed by atoms with van der Waals surface area (Å²) >= 11 is 0. The van der Waals surface area contributed by atoms with Gasteiger partial charge >= 0.3 is 0 Å². The molecule has 0 aliphatic carbocycles. The van der Waals surface area contributed by atoms with Crippen LogP contribution in [0.1, 0.15) is 40.5 Å². The van der Waals surface area contributed by atoms with Gasteiger partial charge in [-0.2, -0.15) is 0 Å². The quantitative estimate of drug-likeness (QED) is 0.565. The second-order valence-corrected chi connectivity index (χ2v) is 7.12. The average molecular weight is 301 g/mol. The van der Waals surface area contributed by atoms with Crippen LogP contribution in [-0.4, -0.2) is 61.2 Å². The number of likely N-dealkylation sites (N-methyl/N-ethyl adjacent to an activating group) is 1. The van der Waals surface area contributed by atoms with Crippen molar-refractivity contribution < 1.29 is 14.7 Å². The van der Waals surface area contributed by atoms with Crippen molar-refractivity contribution >= 4 is 11.8 Å². The van der Waals surface area contributed by atoms with Gasteiger partial charge in [-0.15, -0.1) is 0 Å². The van der Waals surface area contributed by atoms with Gasteiger partial charge in [0.2, 0.25) is 11.8 Å². The van der Waals surface area contributed by atoms with E-state index in [1.807, 2.05) is 39.8 Å². The van der Waals surface area contributed by atoms with Crippen LogP contribution in [0.25, 0.3) is 0 Å². The Morgan fingerprint density at radius 2 is 1.67 bits per heavy atom. The molecule has 0 aliphatic rings. The van der Waals surface area contributed by atoms with Gasteiger partial charge in [0.05, 0.1) is 5.60 Å². The highest BCUT2D eigenvalue weighted by molar-refractivity contribution is 5.81. The predicted octanol–water partition coefficient (Wildman–Crippen LogP) is 0.358. The molecule has 0 spiro atoms. The molecule has 0 aromatic rings. The van der Waals surface area contributed by atoms with Crippen LogP contribution >= 0.6 is 0 Å². The van der Waals surface area contributed by atoms with Crippen LogP contribution in [0.4, 0.5) is 0 Å². The SMILES string of the molecule is CN(C)CC(C)(O)CNC(=O)CCCNC(=O)C(C)(C)C. The number of amides is 2. The molecule has 0 rings (SSSR count). The topological polar surface area (TPSA) is 81.7 Å². The minimum absolute atomic E-state index is 0.0168. The molecule has 0 radical (unpaired) electrons. The maximum atomic E-state index is 11.7. The van der Waals surface area contributed by atoms with Crippen molar-refractivity contribution in [3.05, 3.63) is 0 Å². The second-order valence-electron chi connectivity index (χ2n) is 7.12. The standard InChI is InChI=1S/C15H31N3O3/c1-14(2,3)13(20)16-9-7-8-12(19)17-10-15(4,21)11-18(5)6/h21H,7-11H2,1-6H3,(H,16,20)(H,17,19).